The summed E-state index contributed by atoms with van der Waals surface area (Å²) in [5.41, 5.74) is 3.06. The van der Waals surface area contributed by atoms with Crippen molar-refractivity contribution in [3.8, 4) is 0 Å². The molecule has 2 aliphatic heterocycles. The number of carbonyl (C=O) groups excluding carboxylic acids is 1. The molecule has 6 heteroatoms. The molecule has 3 heterocycles. The fourth-order valence-electron chi connectivity index (χ4n) is 3.92. The molecule has 2 saturated heterocycles. The highest BCUT2D eigenvalue weighted by molar-refractivity contribution is 6.30. The zero-order valence-electron chi connectivity index (χ0n) is 15.7. The molecule has 0 atom stereocenters. The van der Waals surface area contributed by atoms with Gasteiger partial charge >= 0.3 is 0 Å². The summed E-state index contributed by atoms with van der Waals surface area (Å²) >= 11 is 5.93. The Morgan fingerprint density at radius 1 is 0.963 bits per heavy atom. The van der Waals surface area contributed by atoms with Gasteiger partial charge in [0, 0.05) is 51.2 Å². The Balaban J connectivity index is 1.48. The molecule has 0 unspecified atom stereocenters. The van der Waals surface area contributed by atoms with Gasteiger partial charge in [0.1, 0.15) is 5.82 Å². The summed E-state index contributed by atoms with van der Waals surface area (Å²) in [5, 5.41) is 0.640. The molecule has 0 bridgehead atoms. The lowest BCUT2D eigenvalue weighted by Crippen LogP contribution is -2.49. The van der Waals surface area contributed by atoms with Crippen LogP contribution in [0.3, 0.4) is 0 Å². The normalized spacial score (nSPS) is 17.5. The summed E-state index contributed by atoms with van der Waals surface area (Å²) in [5.74, 6) is 1.06. The van der Waals surface area contributed by atoms with Gasteiger partial charge < -0.3 is 14.7 Å². The highest BCUT2D eigenvalue weighted by Gasteiger charge is 2.26. The van der Waals surface area contributed by atoms with Gasteiger partial charge in [-0.15, -0.1) is 0 Å². The zero-order valence-corrected chi connectivity index (χ0v) is 16.5. The highest BCUT2D eigenvalue weighted by atomic mass is 35.5. The van der Waals surface area contributed by atoms with Crippen LogP contribution in [0.5, 0.6) is 0 Å². The lowest BCUT2D eigenvalue weighted by atomic mass is 10.1. The van der Waals surface area contributed by atoms with E-state index in [1.54, 1.807) is 6.20 Å². The summed E-state index contributed by atoms with van der Waals surface area (Å²) < 4.78 is 0. The first-order chi connectivity index (χ1) is 13.1. The molecule has 27 heavy (non-hydrogen) atoms. The molecule has 2 aliphatic rings. The van der Waals surface area contributed by atoms with Crippen molar-refractivity contribution in [2.75, 3.05) is 49.1 Å². The van der Waals surface area contributed by atoms with Gasteiger partial charge in [-0.3, -0.25) is 4.79 Å². The van der Waals surface area contributed by atoms with Crippen molar-refractivity contribution in [3.05, 3.63) is 52.7 Å². The number of piperazine rings is 1. The van der Waals surface area contributed by atoms with Crippen LogP contribution in [-0.4, -0.2) is 55.1 Å². The molecule has 2 fully saturated rings. The lowest BCUT2D eigenvalue weighted by Gasteiger charge is -2.36. The minimum absolute atomic E-state index is 0.143. The fraction of sp³-hybridized carbons (Fsp3) is 0.429. The molecule has 2 aromatic rings. The predicted molar refractivity (Wildman–Crippen MR) is 110 cm³/mol. The topological polar surface area (TPSA) is 39.7 Å². The number of carbonyl (C=O) groups is 1. The van der Waals surface area contributed by atoms with Crippen molar-refractivity contribution in [3.63, 3.8) is 0 Å². The molecule has 0 spiro atoms. The Bertz CT molecular complexity index is 809. The van der Waals surface area contributed by atoms with E-state index in [1.807, 2.05) is 23.1 Å². The Morgan fingerprint density at radius 2 is 1.70 bits per heavy atom. The number of nitrogens with zero attached hydrogens (tertiary/aromatic N) is 4. The van der Waals surface area contributed by atoms with E-state index in [4.69, 9.17) is 11.6 Å². The summed E-state index contributed by atoms with van der Waals surface area (Å²) in [6.07, 6.45) is 4.08. The van der Waals surface area contributed by atoms with Gasteiger partial charge in [-0.05, 0) is 44.0 Å². The van der Waals surface area contributed by atoms with Crippen molar-refractivity contribution < 1.29 is 4.79 Å². The maximum absolute atomic E-state index is 13.3. The third-order valence-corrected chi connectivity index (χ3v) is 5.66. The summed E-state index contributed by atoms with van der Waals surface area (Å²) in [6, 6.07) is 10.1. The van der Waals surface area contributed by atoms with Crippen LogP contribution in [0.2, 0.25) is 5.02 Å². The third-order valence-electron chi connectivity index (χ3n) is 5.43. The van der Waals surface area contributed by atoms with E-state index in [2.05, 4.69) is 33.8 Å². The molecule has 1 amide bonds. The van der Waals surface area contributed by atoms with E-state index >= 15 is 0 Å². The Hall–Kier alpha value is -2.27. The molecule has 0 N–H and O–H groups in total. The van der Waals surface area contributed by atoms with Crippen LogP contribution < -0.4 is 9.80 Å². The SMILES string of the molecule is Cc1ccc(N2CCCC2)c(C(=O)N2CCN(c3ccc(Cl)cn3)CC2)c1. The first-order valence-corrected chi connectivity index (χ1v) is 10.0. The van der Waals surface area contributed by atoms with Gasteiger partial charge in [0.15, 0.2) is 0 Å². The molecule has 0 aliphatic carbocycles. The van der Waals surface area contributed by atoms with Crippen LogP contribution in [0.1, 0.15) is 28.8 Å². The Kier molecular flexibility index (Phi) is 5.21. The van der Waals surface area contributed by atoms with Crippen LogP contribution in [0, 0.1) is 6.92 Å². The maximum atomic E-state index is 13.3. The smallest absolute Gasteiger partial charge is 0.256 e. The van der Waals surface area contributed by atoms with Crippen molar-refractivity contribution in [1.29, 1.82) is 0 Å². The molecule has 5 nitrogen and oxygen atoms in total. The van der Waals surface area contributed by atoms with Crippen molar-refractivity contribution in [1.82, 2.24) is 9.88 Å². The van der Waals surface area contributed by atoms with Gasteiger partial charge in [-0.2, -0.15) is 0 Å². The predicted octanol–water partition coefficient (Wildman–Crippen LogP) is 3.61. The summed E-state index contributed by atoms with van der Waals surface area (Å²) in [4.78, 5) is 24.2. The zero-order chi connectivity index (χ0) is 18.8. The lowest BCUT2D eigenvalue weighted by molar-refractivity contribution is 0.0747. The molecular weight excluding hydrogens is 360 g/mol. The van der Waals surface area contributed by atoms with E-state index in [9.17, 15) is 4.79 Å². The number of halogens is 1. The monoisotopic (exact) mass is 384 g/mol. The number of benzene rings is 1. The van der Waals surface area contributed by atoms with Crippen LogP contribution in [0.25, 0.3) is 0 Å². The minimum atomic E-state index is 0.143. The second-order valence-corrected chi connectivity index (χ2v) is 7.77. The average Bonchev–Trinajstić information content (AvgIpc) is 3.23. The number of aryl methyl sites for hydroxylation is 1. The second kappa shape index (κ2) is 7.77. The number of pyridine rings is 1. The second-order valence-electron chi connectivity index (χ2n) is 7.33. The fourth-order valence-corrected chi connectivity index (χ4v) is 4.03. The Labute approximate surface area is 165 Å². The van der Waals surface area contributed by atoms with E-state index in [0.717, 1.165) is 48.8 Å². The van der Waals surface area contributed by atoms with Gasteiger partial charge in [-0.1, -0.05) is 23.2 Å². The van der Waals surface area contributed by atoms with Gasteiger partial charge in [0.25, 0.3) is 5.91 Å². The largest absolute Gasteiger partial charge is 0.371 e. The number of rotatable bonds is 3. The van der Waals surface area contributed by atoms with Crippen LogP contribution >= 0.6 is 11.6 Å². The molecule has 1 aromatic heterocycles. The standard InChI is InChI=1S/C21H25ClN4O/c1-16-4-6-19(24-8-2-3-9-24)18(14-16)21(27)26-12-10-25(11-13-26)20-7-5-17(22)15-23-20/h4-7,14-15H,2-3,8-13H2,1H3. The van der Waals surface area contributed by atoms with Gasteiger partial charge in [-0.25, -0.2) is 4.98 Å². The van der Waals surface area contributed by atoms with Crippen LogP contribution in [0.15, 0.2) is 36.5 Å². The average molecular weight is 385 g/mol. The van der Waals surface area contributed by atoms with E-state index in [-0.39, 0.29) is 5.91 Å². The van der Waals surface area contributed by atoms with Gasteiger partial charge in [0.05, 0.1) is 10.6 Å². The molecule has 0 radical (unpaired) electrons. The van der Waals surface area contributed by atoms with Gasteiger partial charge in [0.2, 0.25) is 0 Å². The molecule has 0 saturated carbocycles. The third kappa shape index (κ3) is 3.88. The molecule has 4 rings (SSSR count). The first-order valence-electron chi connectivity index (χ1n) is 9.63. The highest BCUT2D eigenvalue weighted by Crippen LogP contribution is 2.27. The maximum Gasteiger partial charge on any atom is 0.256 e. The van der Waals surface area contributed by atoms with E-state index < -0.39 is 0 Å². The number of aromatic nitrogens is 1. The van der Waals surface area contributed by atoms with Crippen molar-refractivity contribution in [2.45, 2.75) is 19.8 Å². The Morgan fingerprint density at radius 3 is 2.37 bits per heavy atom. The number of hydrogen-bond donors (Lipinski definition) is 0. The van der Waals surface area contributed by atoms with Crippen LogP contribution in [0.4, 0.5) is 11.5 Å². The summed E-state index contributed by atoms with van der Waals surface area (Å²) in [6.45, 7) is 7.11. The van der Waals surface area contributed by atoms with Crippen LogP contribution in [-0.2, 0) is 0 Å². The van der Waals surface area contributed by atoms with E-state index in [1.165, 1.54) is 12.8 Å². The number of hydrogen-bond acceptors (Lipinski definition) is 4. The quantitative estimate of drug-likeness (QED) is 0.810. The van der Waals surface area contributed by atoms with Crippen molar-refractivity contribution in [2.24, 2.45) is 0 Å². The minimum Gasteiger partial charge on any atom is -0.371 e. The van der Waals surface area contributed by atoms with E-state index in [0.29, 0.717) is 18.1 Å². The van der Waals surface area contributed by atoms with Crippen molar-refractivity contribution >= 4 is 29.0 Å². The molecule has 1 aromatic carbocycles. The molecule has 142 valence electrons. The number of amides is 1. The summed E-state index contributed by atoms with van der Waals surface area (Å²) in [7, 11) is 0. The number of anilines is 2. The molecular formula is C21H25ClN4O. The first kappa shape index (κ1) is 18.1.